The van der Waals surface area contributed by atoms with Crippen LogP contribution >= 0.6 is 11.8 Å². The second kappa shape index (κ2) is 7.09. The van der Waals surface area contributed by atoms with E-state index in [1.165, 1.54) is 11.8 Å². The van der Waals surface area contributed by atoms with Crippen molar-refractivity contribution in [1.82, 2.24) is 15.2 Å². The summed E-state index contributed by atoms with van der Waals surface area (Å²) in [5.74, 6) is 1.06. The van der Waals surface area contributed by atoms with Crippen molar-refractivity contribution in [1.29, 1.82) is 0 Å². The van der Waals surface area contributed by atoms with Crippen molar-refractivity contribution in [2.45, 2.75) is 31.5 Å². The first-order valence-electron chi connectivity index (χ1n) is 6.40. The van der Waals surface area contributed by atoms with Gasteiger partial charge in [0.1, 0.15) is 12.4 Å². The first-order chi connectivity index (χ1) is 9.65. The molecule has 1 heterocycles. The van der Waals surface area contributed by atoms with Crippen LogP contribution < -0.4 is 0 Å². The predicted octanol–water partition coefficient (Wildman–Crippen LogP) is 2.76. The molecule has 0 unspecified atom stereocenters. The molecule has 5 nitrogen and oxygen atoms in total. The highest BCUT2D eigenvalue weighted by Gasteiger charge is 2.10. The Hall–Kier alpha value is -1.82. The lowest BCUT2D eigenvalue weighted by Crippen LogP contribution is -2.07. The molecule has 20 heavy (non-hydrogen) atoms. The summed E-state index contributed by atoms with van der Waals surface area (Å²) < 4.78 is 5.18. The van der Waals surface area contributed by atoms with Gasteiger partial charge in [0, 0.05) is 5.92 Å². The molecule has 2 aromatic rings. The van der Waals surface area contributed by atoms with E-state index in [9.17, 15) is 4.79 Å². The third kappa shape index (κ3) is 4.38. The molecule has 0 radical (unpaired) electrons. The normalized spacial score (nSPS) is 10.8. The molecule has 0 aliphatic rings. The Morgan fingerprint density at radius 3 is 2.75 bits per heavy atom. The van der Waals surface area contributed by atoms with Crippen molar-refractivity contribution >= 4 is 17.7 Å². The Balaban J connectivity index is 1.74. The number of thioether (sulfide) groups is 1. The van der Waals surface area contributed by atoms with Crippen molar-refractivity contribution in [2.24, 2.45) is 0 Å². The topological polar surface area (TPSA) is 67.9 Å². The van der Waals surface area contributed by atoms with Crippen molar-refractivity contribution in [3.63, 3.8) is 0 Å². The molecule has 0 fully saturated rings. The molecule has 0 saturated heterocycles. The molecule has 1 aromatic heterocycles. The lowest BCUT2D eigenvalue weighted by molar-refractivity contribution is -0.141. The van der Waals surface area contributed by atoms with E-state index in [0.717, 1.165) is 11.4 Å². The summed E-state index contributed by atoms with van der Waals surface area (Å²) >= 11 is 1.27. The number of esters is 1. The minimum atomic E-state index is -0.269. The van der Waals surface area contributed by atoms with E-state index in [1.807, 2.05) is 44.2 Å². The summed E-state index contributed by atoms with van der Waals surface area (Å²) in [6.07, 6.45) is 0. The quantitative estimate of drug-likeness (QED) is 0.654. The maximum atomic E-state index is 11.6. The number of aromatic nitrogens is 3. The number of carbonyl (C=O) groups excluding carboxylic acids is 1. The third-order valence-electron chi connectivity index (χ3n) is 2.59. The van der Waals surface area contributed by atoms with E-state index >= 15 is 0 Å². The Labute approximate surface area is 122 Å². The second-order valence-electron chi connectivity index (χ2n) is 4.59. The van der Waals surface area contributed by atoms with Gasteiger partial charge in [-0.25, -0.2) is 4.98 Å². The van der Waals surface area contributed by atoms with Crippen LogP contribution in [0, 0.1) is 0 Å². The number of rotatable bonds is 6. The number of hydrogen-bond acceptors (Lipinski definition) is 5. The molecule has 6 heteroatoms. The SMILES string of the molecule is CC(C)c1nc(SCC(=O)OCc2ccccc2)n[nH]1. The van der Waals surface area contributed by atoms with Crippen LogP contribution in [0.15, 0.2) is 35.5 Å². The molecule has 0 amide bonds. The molecule has 0 bridgehead atoms. The molecule has 0 aliphatic carbocycles. The van der Waals surface area contributed by atoms with Crippen LogP contribution in [0.5, 0.6) is 0 Å². The predicted molar refractivity (Wildman–Crippen MR) is 77.4 cm³/mol. The molecule has 2 rings (SSSR count). The molecule has 0 spiro atoms. The van der Waals surface area contributed by atoms with Crippen LogP contribution in [0.2, 0.25) is 0 Å². The number of nitrogens with zero attached hydrogens (tertiary/aromatic N) is 2. The van der Waals surface area contributed by atoms with Crippen LogP contribution in [0.1, 0.15) is 31.2 Å². The lowest BCUT2D eigenvalue weighted by atomic mass is 10.2. The smallest absolute Gasteiger partial charge is 0.316 e. The molecular formula is C14H17N3O2S. The first kappa shape index (κ1) is 14.6. The number of H-pyrrole nitrogens is 1. The van der Waals surface area contributed by atoms with E-state index in [4.69, 9.17) is 4.74 Å². The molecule has 0 atom stereocenters. The van der Waals surface area contributed by atoms with E-state index in [1.54, 1.807) is 0 Å². The zero-order chi connectivity index (χ0) is 14.4. The van der Waals surface area contributed by atoms with Crippen molar-refractivity contribution in [3.8, 4) is 0 Å². The zero-order valence-electron chi connectivity index (χ0n) is 11.5. The van der Waals surface area contributed by atoms with Crippen LogP contribution in [0.25, 0.3) is 0 Å². The zero-order valence-corrected chi connectivity index (χ0v) is 12.3. The minimum absolute atomic E-state index is 0.211. The Morgan fingerprint density at radius 1 is 1.35 bits per heavy atom. The fraction of sp³-hybridized carbons (Fsp3) is 0.357. The van der Waals surface area contributed by atoms with Gasteiger partial charge in [-0.3, -0.25) is 9.89 Å². The van der Waals surface area contributed by atoms with Gasteiger partial charge in [-0.2, -0.15) is 0 Å². The van der Waals surface area contributed by atoms with E-state index in [0.29, 0.717) is 17.7 Å². The third-order valence-corrected chi connectivity index (χ3v) is 3.41. The van der Waals surface area contributed by atoms with Crippen molar-refractivity contribution in [2.75, 3.05) is 5.75 Å². The maximum Gasteiger partial charge on any atom is 0.316 e. The highest BCUT2D eigenvalue weighted by molar-refractivity contribution is 7.99. The fourth-order valence-electron chi connectivity index (χ4n) is 1.48. The van der Waals surface area contributed by atoms with Gasteiger partial charge in [0.15, 0.2) is 0 Å². The minimum Gasteiger partial charge on any atom is -0.460 e. The average molecular weight is 291 g/mol. The molecular weight excluding hydrogens is 274 g/mol. The molecule has 0 saturated carbocycles. The van der Waals surface area contributed by atoms with Gasteiger partial charge in [-0.1, -0.05) is 55.9 Å². The van der Waals surface area contributed by atoms with Gasteiger partial charge >= 0.3 is 5.97 Å². The monoisotopic (exact) mass is 291 g/mol. The van der Waals surface area contributed by atoms with Gasteiger partial charge in [0.2, 0.25) is 5.16 Å². The Morgan fingerprint density at radius 2 is 2.10 bits per heavy atom. The van der Waals surface area contributed by atoms with Crippen LogP contribution in [-0.4, -0.2) is 26.9 Å². The Bertz CT molecular complexity index is 555. The number of hydrogen-bond donors (Lipinski definition) is 1. The van der Waals surface area contributed by atoms with E-state index in [-0.39, 0.29) is 11.7 Å². The second-order valence-corrected chi connectivity index (χ2v) is 5.54. The van der Waals surface area contributed by atoms with Crippen LogP contribution in [-0.2, 0) is 16.1 Å². The highest BCUT2D eigenvalue weighted by atomic mass is 32.2. The number of carbonyl (C=O) groups is 1. The number of nitrogens with one attached hydrogen (secondary N) is 1. The van der Waals surface area contributed by atoms with Crippen molar-refractivity contribution in [3.05, 3.63) is 41.7 Å². The average Bonchev–Trinajstić information content (AvgIpc) is 2.93. The largest absolute Gasteiger partial charge is 0.460 e. The lowest BCUT2D eigenvalue weighted by Gasteiger charge is -2.03. The fourth-order valence-corrected chi connectivity index (χ4v) is 2.09. The van der Waals surface area contributed by atoms with Crippen LogP contribution in [0.4, 0.5) is 0 Å². The van der Waals surface area contributed by atoms with Gasteiger partial charge < -0.3 is 4.74 Å². The summed E-state index contributed by atoms with van der Waals surface area (Å²) in [6, 6.07) is 9.60. The first-order valence-corrected chi connectivity index (χ1v) is 7.38. The summed E-state index contributed by atoms with van der Waals surface area (Å²) in [5, 5.41) is 7.47. The standard InChI is InChI=1S/C14H17N3O2S/c1-10(2)13-15-14(17-16-13)20-9-12(18)19-8-11-6-4-3-5-7-11/h3-7,10H,8-9H2,1-2H3,(H,15,16,17). The highest BCUT2D eigenvalue weighted by Crippen LogP contribution is 2.16. The maximum absolute atomic E-state index is 11.6. The number of ether oxygens (including phenoxy) is 1. The summed E-state index contributed by atoms with van der Waals surface area (Å²) in [5.41, 5.74) is 0.978. The number of aromatic amines is 1. The molecule has 1 N–H and O–H groups in total. The van der Waals surface area contributed by atoms with Gasteiger partial charge in [0.05, 0.1) is 5.75 Å². The molecule has 1 aromatic carbocycles. The summed E-state index contributed by atoms with van der Waals surface area (Å²) in [7, 11) is 0. The summed E-state index contributed by atoms with van der Waals surface area (Å²) in [4.78, 5) is 15.9. The molecule has 0 aliphatic heterocycles. The van der Waals surface area contributed by atoms with Gasteiger partial charge in [0.25, 0.3) is 0 Å². The Kier molecular flexibility index (Phi) is 5.17. The van der Waals surface area contributed by atoms with Crippen molar-refractivity contribution < 1.29 is 9.53 Å². The number of benzene rings is 1. The van der Waals surface area contributed by atoms with E-state index < -0.39 is 0 Å². The van der Waals surface area contributed by atoms with Crippen LogP contribution in [0.3, 0.4) is 0 Å². The van der Waals surface area contributed by atoms with Gasteiger partial charge in [-0.05, 0) is 5.56 Å². The summed E-state index contributed by atoms with van der Waals surface area (Å²) in [6.45, 7) is 4.36. The van der Waals surface area contributed by atoms with Gasteiger partial charge in [-0.15, -0.1) is 5.10 Å². The van der Waals surface area contributed by atoms with E-state index in [2.05, 4.69) is 15.2 Å². The molecule has 106 valence electrons.